The highest BCUT2D eigenvalue weighted by Gasteiger charge is 2.42. The second-order valence-electron chi connectivity index (χ2n) is 5.96. The number of carbonyl (C=O) groups excluding carboxylic acids is 2. The summed E-state index contributed by atoms with van der Waals surface area (Å²) in [5, 5.41) is 11.2. The molecule has 0 saturated heterocycles. The molecule has 0 aromatic heterocycles. The molecule has 0 unspecified atom stereocenters. The molecule has 0 aliphatic carbocycles. The number of hydrogen-bond acceptors (Lipinski definition) is 8. The first kappa shape index (κ1) is 19.0. The molecule has 1 aliphatic heterocycles. The maximum absolute atomic E-state index is 11.2. The zero-order valence-corrected chi connectivity index (χ0v) is 13.7. The molecule has 0 saturated carbocycles. The highest BCUT2D eigenvalue weighted by atomic mass is 16.7. The molecule has 0 N–H and O–H groups in total. The standard InChI is InChI=1S/C14H21NO8/c1-8(16)20-7-12-11(21-9(2)17)6-10(15(18)19)13(22-12)23-14(3,4)5/h6,11-13H,7H2,1-5H3/t11-,12+,13+/m0/s1. The van der Waals surface area contributed by atoms with Crippen molar-refractivity contribution in [2.75, 3.05) is 6.61 Å². The lowest BCUT2D eigenvalue weighted by atomic mass is 10.1. The van der Waals surface area contributed by atoms with Crippen LogP contribution < -0.4 is 0 Å². The smallest absolute Gasteiger partial charge is 0.303 e. The fraction of sp³-hybridized carbons (Fsp3) is 0.714. The molecule has 0 aromatic rings. The Morgan fingerprint density at radius 3 is 2.35 bits per heavy atom. The molecule has 3 atom stereocenters. The normalized spacial score (nSPS) is 24.6. The van der Waals surface area contributed by atoms with Crippen LogP contribution in [0.4, 0.5) is 0 Å². The minimum absolute atomic E-state index is 0.223. The van der Waals surface area contributed by atoms with Crippen LogP contribution in [-0.2, 0) is 28.5 Å². The van der Waals surface area contributed by atoms with Gasteiger partial charge in [-0.15, -0.1) is 0 Å². The van der Waals surface area contributed by atoms with Gasteiger partial charge < -0.3 is 18.9 Å². The number of nitro groups is 1. The van der Waals surface area contributed by atoms with Crippen LogP contribution in [-0.4, -0.2) is 47.6 Å². The van der Waals surface area contributed by atoms with Gasteiger partial charge in [-0.25, -0.2) is 0 Å². The summed E-state index contributed by atoms with van der Waals surface area (Å²) < 4.78 is 20.9. The Labute approximate surface area is 133 Å². The Kier molecular flexibility index (Phi) is 6.22. The lowest BCUT2D eigenvalue weighted by Crippen LogP contribution is -2.47. The van der Waals surface area contributed by atoms with Gasteiger partial charge in [0.1, 0.15) is 12.7 Å². The molecule has 1 aliphatic rings. The van der Waals surface area contributed by atoms with E-state index in [2.05, 4.69) is 0 Å². The molecule has 0 radical (unpaired) electrons. The Hall–Kier alpha value is -2.00. The minimum atomic E-state index is -1.27. The van der Waals surface area contributed by atoms with Gasteiger partial charge in [-0.1, -0.05) is 0 Å². The minimum Gasteiger partial charge on any atom is -0.463 e. The van der Waals surface area contributed by atoms with Crippen molar-refractivity contribution in [1.82, 2.24) is 0 Å². The van der Waals surface area contributed by atoms with Crippen LogP contribution in [0.5, 0.6) is 0 Å². The van der Waals surface area contributed by atoms with Gasteiger partial charge >= 0.3 is 17.6 Å². The molecule has 0 aromatic carbocycles. The maximum Gasteiger partial charge on any atom is 0.303 e. The van der Waals surface area contributed by atoms with Crippen molar-refractivity contribution in [3.63, 3.8) is 0 Å². The lowest BCUT2D eigenvalue weighted by molar-refractivity contribution is -0.459. The summed E-state index contributed by atoms with van der Waals surface area (Å²) in [6.45, 7) is 7.30. The SMILES string of the molecule is CC(=O)OC[C@H]1O[C@H](OC(C)(C)C)C([N+](=O)[O-])=C[C@@H]1OC(C)=O. The first-order valence-corrected chi connectivity index (χ1v) is 6.99. The van der Waals surface area contributed by atoms with Crippen LogP contribution in [0, 0.1) is 10.1 Å². The molecule has 0 bridgehead atoms. The van der Waals surface area contributed by atoms with Crippen LogP contribution in [0.15, 0.2) is 11.8 Å². The summed E-state index contributed by atoms with van der Waals surface area (Å²) in [6.07, 6.45) is -2.07. The van der Waals surface area contributed by atoms with Gasteiger partial charge in [0.05, 0.1) is 10.5 Å². The maximum atomic E-state index is 11.2. The molecule has 1 heterocycles. The van der Waals surface area contributed by atoms with Gasteiger partial charge in [0.15, 0.2) is 6.10 Å². The van der Waals surface area contributed by atoms with Crippen molar-refractivity contribution >= 4 is 11.9 Å². The van der Waals surface area contributed by atoms with E-state index in [1.165, 1.54) is 13.8 Å². The number of nitrogens with zero attached hydrogens (tertiary/aromatic N) is 1. The van der Waals surface area contributed by atoms with Crippen molar-refractivity contribution in [3.8, 4) is 0 Å². The summed E-state index contributed by atoms with van der Waals surface area (Å²) in [5.74, 6) is -1.19. The van der Waals surface area contributed by atoms with Gasteiger partial charge in [-0.05, 0) is 20.8 Å². The zero-order valence-electron chi connectivity index (χ0n) is 13.7. The Morgan fingerprint density at radius 2 is 1.91 bits per heavy atom. The Balaban J connectivity index is 3.06. The van der Waals surface area contributed by atoms with Crippen molar-refractivity contribution in [1.29, 1.82) is 0 Å². The van der Waals surface area contributed by atoms with Gasteiger partial charge in [-0.2, -0.15) is 0 Å². The van der Waals surface area contributed by atoms with E-state index in [1.807, 2.05) is 0 Å². The quantitative estimate of drug-likeness (QED) is 0.419. The van der Waals surface area contributed by atoms with Gasteiger partial charge in [0.25, 0.3) is 6.29 Å². The molecule has 0 amide bonds. The number of esters is 2. The number of rotatable bonds is 5. The van der Waals surface area contributed by atoms with E-state index >= 15 is 0 Å². The second kappa shape index (κ2) is 7.51. The molecule has 23 heavy (non-hydrogen) atoms. The number of carbonyl (C=O) groups is 2. The van der Waals surface area contributed by atoms with Crippen molar-refractivity contribution in [2.45, 2.75) is 58.7 Å². The zero-order chi connectivity index (χ0) is 17.8. The monoisotopic (exact) mass is 331 g/mol. The molecular formula is C14H21NO8. The third-order valence-corrected chi connectivity index (χ3v) is 2.67. The summed E-state index contributed by atoms with van der Waals surface area (Å²) >= 11 is 0. The molecule has 9 nitrogen and oxygen atoms in total. The van der Waals surface area contributed by atoms with E-state index in [0.717, 1.165) is 6.08 Å². The predicted molar refractivity (Wildman–Crippen MR) is 76.8 cm³/mol. The molecule has 0 fully saturated rings. The largest absolute Gasteiger partial charge is 0.463 e. The average Bonchev–Trinajstić information content (AvgIpc) is 2.35. The number of ether oxygens (including phenoxy) is 4. The van der Waals surface area contributed by atoms with E-state index in [-0.39, 0.29) is 12.3 Å². The molecular weight excluding hydrogens is 310 g/mol. The lowest BCUT2D eigenvalue weighted by Gasteiger charge is -2.34. The van der Waals surface area contributed by atoms with E-state index in [0.29, 0.717) is 0 Å². The Bertz CT molecular complexity index is 507. The van der Waals surface area contributed by atoms with E-state index in [9.17, 15) is 19.7 Å². The third kappa shape index (κ3) is 6.33. The fourth-order valence-corrected chi connectivity index (χ4v) is 1.85. The first-order chi connectivity index (χ1) is 10.5. The Morgan fingerprint density at radius 1 is 1.30 bits per heavy atom. The molecule has 0 spiro atoms. The molecule has 9 heteroatoms. The highest BCUT2D eigenvalue weighted by molar-refractivity contribution is 5.66. The van der Waals surface area contributed by atoms with Crippen LogP contribution >= 0.6 is 0 Å². The highest BCUT2D eigenvalue weighted by Crippen LogP contribution is 2.27. The van der Waals surface area contributed by atoms with Crippen LogP contribution in [0.1, 0.15) is 34.6 Å². The summed E-state index contributed by atoms with van der Waals surface area (Å²) in [4.78, 5) is 32.7. The third-order valence-electron chi connectivity index (χ3n) is 2.67. The van der Waals surface area contributed by atoms with Gasteiger partial charge in [-0.3, -0.25) is 19.7 Å². The summed E-state index contributed by atoms with van der Waals surface area (Å²) in [6, 6.07) is 0. The van der Waals surface area contributed by atoms with Gasteiger partial charge in [0.2, 0.25) is 0 Å². The van der Waals surface area contributed by atoms with E-state index in [1.54, 1.807) is 20.8 Å². The van der Waals surface area contributed by atoms with Crippen molar-refractivity contribution < 1.29 is 33.5 Å². The average molecular weight is 331 g/mol. The van der Waals surface area contributed by atoms with Crippen LogP contribution in [0.2, 0.25) is 0 Å². The van der Waals surface area contributed by atoms with Gasteiger partial charge in [0, 0.05) is 19.9 Å². The fourth-order valence-electron chi connectivity index (χ4n) is 1.85. The van der Waals surface area contributed by atoms with Crippen molar-refractivity contribution in [2.24, 2.45) is 0 Å². The number of hydrogen-bond donors (Lipinski definition) is 0. The molecule has 130 valence electrons. The predicted octanol–water partition coefficient (Wildman–Crippen LogP) is 1.18. The first-order valence-electron chi connectivity index (χ1n) is 6.99. The molecule has 1 rings (SSSR count). The summed E-state index contributed by atoms with van der Waals surface area (Å²) in [5.41, 5.74) is -1.08. The van der Waals surface area contributed by atoms with Crippen molar-refractivity contribution in [3.05, 3.63) is 21.9 Å². The van der Waals surface area contributed by atoms with Crippen LogP contribution in [0.3, 0.4) is 0 Å². The second-order valence-corrected chi connectivity index (χ2v) is 5.96. The summed E-state index contributed by atoms with van der Waals surface area (Å²) in [7, 11) is 0. The van der Waals surface area contributed by atoms with E-state index in [4.69, 9.17) is 18.9 Å². The topological polar surface area (TPSA) is 114 Å². The van der Waals surface area contributed by atoms with E-state index < -0.39 is 41.0 Å². The van der Waals surface area contributed by atoms with Crippen LogP contribution in [0.25, 0.3) is 0 Å².